The second-order valence-electron chi connectivity index (χ2n) is 2.74. The Morgan fingerprint density at radius 3 is 3.00 bits per heavy atom. The Morgan fingerprint density at radius 1 is 1.54 bits per heavy atom. The van der Waals surface area contributed by atoms with E-state index in [1.54, 1.807) is 0 Å². The van der Waals surface area contributed by atoms with E-state index in [9.17, 15) is 0 Å². The van der Waals surface area contributed by atoms with E-state index in [4.69, 9.17) is 11.5 Å². The number of hydrogen-bond donors (Lipinski definition) is 2. The van der Waals surface area contributed by atoms with Crippen LogP contribution in [-0.4, -0.2) is 9.38 Å². The van der Waals surface area contributed by atoms with Gasteiger partial charge in [-0.25, -0.2) is 4.98 Å². The number of halogens is 1. The number of anilines is 1. The highest BCUT2D eigenvalue weighted by atomic mass is 79.9. The molecule has 5 heteroatoms. The van der Waals surface area contributed by atoms with Crippen molar-refractivity contribution in [2.75, 3.05) is 5.73 Å². The number of aromatic nitrogens is 2. The second kappa shape index (κ2) is 3.01. The van der Waals surface area contributed by atoms with Crippen LogP contribution in [0.1, 0.15) is 5.82 Å². The van der Waals surface area contributed by atoms with Crippen LogP contribution in [0.3, 0.4) is 0 Å². The molecule has 0 aliphatic carbocycles. The summed E-state index contributed by atoms with van der Waals surface area (Å²) in [6.45, 7) is 0.413. The minimum atomic E-state index is 0.413. The SMILES string of the molecule is NCc1nc(Br)c2cc(N)ccn12. The van der Waals surface area contributed by atoms with Gasteiger partial charge in [0.2, 0.25) is 0 Å². The largest absolute Gasteiger partial charge is 0.399 e. The summed E-state index contributed by atoms with van der Waals surface area (Å²) in [5.74, 6) is 0.821. The van der Waals surface area contributed by atoms with Gasteiger partial charge >= 0.3 is 0 Å². The molecule has 13 heavy (non-hydrogen) atoms. The quantitative estimate of drug-likeness (QED) is 0.786. The van der Waals surface area contributed by atoms with Gasteiger partial charge in [-0.2, -0.15) is 0 Å². The van der Waals surface area contributed by atoms with Crippen LogP contribution >= 0.6 is 15.9 Å². The van der Waals surface area contributed by atoms with E-state index in [0.717, 1.165) is 21.6 Å². The maximum Gasteiger partial charge on any atom is 0.132 e. The second-order valence-corrected chi connectivity index (χ2v) is 3.49. The Hall–Kier alpha value is -1.07. The molecule has 2 aromatic rings. The molecule has 0 spiro atoms. The Balaban J connectivity index is 2.80. The van der Waals surface area contributed by atoms with Gasteiger partial charge in [-0.05, 0) is 28.1 Å². The highest BCUT2D eigenvalue weighted by molar-refractivity contribution is 9.10. The van der Waals surface area contributed by atoms with Crippen LogP contribution in [0.25, 0.3) is 5.52 Å². The Bertz CT molecular complexity index is 449. The molecule has 2 rings (SSSR count). The van der Waals surface area contributed by atoms with Crippen molar-refractivity contribution in [2.24, 2.45) is 5.73 Å². The third kappa shape index (κ3) is 1.30. The molecule has 0 aromatic carbocycles. The van der Waals surface area contributed by atoms with Crippen molar-refractivity contribution in [3.63, 3.8) is 0 Å². The van der Waals surface area contributed by atoms with Gasteiger partial charge in [-0.15, -0.1) is 0 Å². The summed E-state index contributed by atoms with van der Waals surface area (Å²) >= 11 is 3.35. The number of hydrogen-bond acceptors (Lipinski definition) is 3. The molecule has 4 N–H and O–H groups in total. The number of nitrogens with zero attached hydrogens (tertiary/aromatic N) is 2. The van der Waals surface area contributed by atoms with E-state index >= 15 is 0 Å². The average molecular weight is 241 g/mol. The van der Waals surface area contributed by atoms with Gasteiger partial charge in [0.1, 0.15) is 10.4 Å². The minimum absolute atomic E-state index is 0.413. The zero-order chi connectivity index (χ0) is 9.42. The molecule has 0 unspecified atom stereocenters. The smallest absolute Gasteiger partial charge is 0.132 e. The molecule has 0 fully saturated rings. The van der Waals surface area contributed by atoms with Crippen molar-refractivity contribution < 1.29 is 0 Å². The van der Waals surface area contributed by atoms with Gasteiger partial charge in [0, 0.05) is 11.9 Å². The van der Waals surface area contributed by atoms with Crippen LogP contribution in [0.15, 0.2) is 22.9 Å². The first-order valence-corrected chi connectivity index (χ1v) is 4.63. The van der Waals surface area contributed by atoms with Crippen LogP contribution in [-0.2, 0) is 6.54 Å². The van der Waals surface area contributed by atoms with E-state index in [0.29, 0.717) is 6.54 Å². The lowest BCUT2D eigenvalue weighted by Crippen LogP contribution is -2.02. The summed E-state index contributed by atoms with van der Waals surface area (Å²) < 4.78 is 2.70. The Kier molecular flexibility index (Phi) is 1.97. The van der Waals surface area contributed by atoms with E-state index < -0.39 is 0 Å². The standard InChI is InChI=1S/C8H9BrN4/c9-8-6-3-5(11)1-2-13(6)7(4-10)12-8/h1-3H,4,10-11H2. The number of imidazole rings is 1. The highest BCUT2D eigenvalue weighted by Crippen LogP contribution is 2.20. The molecule has 0 amide bonds. The van der Waals surface area contributed by atoms with Crippen molar-refractivity contribution >= 4 is 27.1 Å². The molecule has 0 bridgehead atoms. The summed E-state index contributed by atoms with van der Waals surface area (Å²) in [6, 6.07) is 3.68. The molecular formula is C8H9BrN4. The molecule has 68 valence electrons. The van der Waals surface area contributed by atoms with Gasteiger partial charge < -0.3 is 15.9 Å². The molecule has 4 nitrogen and oxygen atoms in total. The Labute approximate surface area is 83.7 Å². The van der Waals surface area contributed by atoms with E-state index in [-0.39, 0.29) is 0 Å². The van der Waals surface area contributed by atoms with Gasteiger partial charge in [0.15, 0.2) is 0 Å². The van der Waals surface area contributed by atoms with Crippen molar-refractivity contribution in [1.82, 2.24) is 9.38 Å². The average Bonchev–Trinajstić information content (AvgIpc) is 2.43. The lowest BCUT2D eigenvalue weighted by Gasteiger charge is -1.98. The summed E-state index contributed by atoms with van der Waals surface area (Å²) in [7, 11) is 0. The first kappa shape index (κ1) is 8.52. The zero-order valence-corrected chi connectivity index (χ0v) is 8.45. The van der Waals surface area contributed by atoms with Crippen LogP contribution in [0.4, 0.5) is 5.69 Å². The molecule has 0 saturated carbocycles. The molecule has 2 heterocycles. The minimum Gasteiger partial charge on any atom is -0.399 e. The van der Waals surface area contributed by atoms with Crippen LogP contribution in [0.2, 0.25) is 0 Å². The topological polar surface area (TPSA) is 69.3 Å². The van der Waals surface area contributed by atoms with E-state index in [2.05, 4.69) is 20.9 Å². The highest BCUT2D eigenvalue weighted by Gasteiger charge is 2.06. The van der Waals surface area contributed by atoms with E-state index in [1.807, 2.05) is 22.7 Å². The molecule has 0 saturated heterocycles. The molecule has 0 aliphatic heterocycles. The molecule has 0 atom stereocenters. The predicted octanol–water partition coefficient (Wildman–Crippen LogP) is 1.14. The Morgan fingerprint density at radius 2 is 2.31 bits per heavy atom. The van der Waals surface area contributed by atoms with Crippen LogP contribution in [0, 0.1) is 0 Å². The summed E-state index contributed by atoms with van der Waals surface area (Å²) in [6.07, 6.45) is 1.87. The van der Waals surface area contributed by atoms with Crippen LogP contribution < -0.4 is 11.5 Å². The van der Waals surface area contributed by atoms with Crippen LogP contribution in [0.5, 0.6) is 0 Å². The molecule has 0 aliphatic rings. The van der Waals surface area contributed by atoms with Gasteiger partial charge in [0.25, 0.3) is 0 Å². The van der Waals surface area contributed by atoms with Crippen molar-refractivity contribution in [3.8, 4) is 0 Å². The fourth-order valence-electron chi connectivity index (χ4n) is 1.27. The van der Waals surface area contributed by atoms with Gasteiger partial charge in [-0.3, -0.25) is 0 Å². The lowest BCUT2D eigenvalue weighted by molar-refractivity contribution is 0.902. The molecule has 2 aromatic heterocycles. The summed E-state index contributed by atoms with van der Waals surface area (Å²) in [4.78, 5) is 4.25. The van der Waals surface area contributed by atoms with Crippen molar-refractivity contribution in [1.29, 1.82) is 0 Å². The number of pyridine rings is 1. The maximum absolute atomic E-state index is 5.65. The summed E-state index contributed by atoms with van der Waals surface area (Å²) in [5, 5.41) is 0. The number of fused-ring (bicyclic) bond motifs is 1. The lowest BCUT2D eigenvalue weighted by atomic mass is 10.4. The first-order valence-electron chi connectivity index (χ1n) is 3.84. The zero-order valence-electron chi connectivity index (χ0n) is 6.87. The fourth-order valence-corrected chi connectivity index (χ4v) is 1.78. The number of nitrogens with two attached hydrogens (primary N) is 2. The number of rotatable bonds is 1. The monoisotopic (exact) mass is 240 g/mol. The predicted molar refractivity (Wildman–Crippen MR) is 55.2 cm³/mol. The van der Waals surface area contributed by atoms with Crippen molar-refractivity contribution in [2.45, 2.75) is 6.54 Å². The third-order valence-corrected chi connectivity index (χ3v) is 2.46. The third-order valence-electron chi connectivity index (χ3n) is 1.88. The maximum atomic E-state index is 5.65. The molecular weight excluding hydrogens is 232 g/mol. The van der Waals surface area contributed by atoms with Crippen molar-refractivity contribution in [3.05, 3.63) is 28.8 Å². The van der Waals surface area contributed by atoms with Gasteiger partial charge in [-0.1, -0.05) is 0 Å². The fraction of sp³-hybridized carbons (Fsp3) is 0.125. The summed E-state index contributed by atoms with van der Waals surface area (Å²) in [5.41, 5.74) is 12.8. The first-order chi connectivity index (χ1) is 6.22. The molecule has 0 radical (unpaired) electrons. The number of nitrogen functional groups attached to an aromatic ring is 1. The van der Waals surface area contributed by atoms with E-state index in [1.165, 1.54) is 0 Å². The normalized spacial score (nSPS) is 10.9. The van der Waals surface area contributed by atoms with Gasteiger partial charge in [0.05, 0.1) is 12.1 Å².